The lowest BCUT2D eigenvalue weighted by molar-refractivity contribution is 0.192. The van der Waals surface area contributed by atoms with Crippen LogP contribution < -0.4 is 0 Å². The molecule has 1 aromatic carbocycles. The van der Waals surface area contributed by atoms with Crippen molar-refractivity contribution in [2.24, 2.45) is 0 Å². The number of nitrogens with zero attached hydrogens (tertiary/aromatic N) is 5. The number of aliphatic hydroxyl groups is 1. The van der Waals surface area contributed by atoms with E-state index in [0.717, 1.165) is 32.9 Å². The summed E-state index contributed by atoms with van der Waals surface area (Å²) in [5.41, 5.74) is 4.12. The smallest absolute Gasteiger partial charge is 0.160 e. The van der Waals surface area contributed by atoms with Crippen LogP contribution in [0, 0.1) is 6.92 Å². The number of aliphatic hydroxyl groups excluding tert-OH is 1. The maximum Gasteiger partial charge on any atom is 0.160 e. The Morgan fingerprint density at radius 1 is 1.39 bits per heavy atom. The molecule has 0 fully saturated rings. The molecule has 23 heavy (non-hydrogen) atoms. The van der Waals surface area contributed by atoms with Crippen molar-refractivity contribution in [2.45, 2.75) is 32.9 Å². The lowest BCUT2D eigenvalue weighted by atomic mass is 10.1. The third-order valence-electron chi connectivity index (χ3n) is 4.03. The topological polar surface area (TPSA) is 68.8 Å². The Labute approximate surface area is 141 Å². The van der Waals surface area contributed by atoms with Gasteiger partial charge in [0.05, 0.1) is 36.1 Å². The Morgan fingerprint density at radius 2 is 2.22 bits per heavy atom. The van der Waals surface area contributed by atoms with Gasteiger partial charge >= 0.3 is 0 Å². The highest BCUT2D eigenvalue weighted by Crippen LogP contribution is 2.33. The zero-order valence-corrected chi connectivity index (χ0v) is 14.4. The van der Waals surface area contributed by atoms with Gasteiger partial charge in [0.15, 0.2) is 11.6 Å². The summed E-state index contributed by atoms with van der Waals surface area (Å²) in [6.45, 7) is 4.36. The zero-order valence-electron chi connectivity index (χ0n) is 12.9. The van der Waals surface area contributed by atoms with Crippen LogP contribution in [-0.2, 0) is 13.0 Å². The van der Waals surface area contributed by atoms with E-state index >= 15 is 0 Å². The first kappa shape index (κ1) is 14.6. The predicted octanol–water partition coefficient (Wildman–Crippen LogP) is 2.49. The summed E-state index contributed by atoms with van der Waals surface area (Å²) >= 11 is 3.54. The number of aromatic nitrogens is 5. The Bertz CT molecular complexity index is 896. The highest BCUT2D eigenvalue weighted by molar-refractivity contribution is 9.10. The van der Waals surface area contributed by atoms with Crippen molar-refractivity contribution in [1.29, 1.82) is 0 Å². The molecule has 7 heteroatoms. The Hall–Kier alpha value is -1.99. The van der Waals surface area contributed by atoms with Crippen molar-refractivity contribution in [3.8, 4) is 17.1 Å². The second kappa shape index (κ2) is 5.28. The molecule has 0 spiro atoms. The number of aryl methyl sites for hydroxylation is 1. The van der Waals surface area contributed by atoms with Gasteiger partial charge in [-0.2, -0.15) is 5.10 Å². The molecule has 4 rings (SSSR count). The van der Waals surface area contributed by atoms with Crippen LogP contribution in [0.1, 0.15) is 24.1 Å². The van der Waals surface area contributed by atoms with Crippen LogP contribution >= 0.6 is 15.9 Å². The third-order valence-corrected chi connectivity index (χ3v) is 4.52. The normalized spacial score (nSPS) is 13.9. The van der Waals surface area contributed by atoms with Gasteiger partial charge in [-0.05, 0) is 32.0 Å². The van der Waals surface area contributed by atoms with Crippen LogP contribution in [0.2, 0.25) is 0 Å². The van der Waals surface area contributed by atoms with Crippen molar-refractivity contribution < 1.29 is 5.11 Å². The number of halogens is 1. The van der Waals surface area contributed by atoms with Gasteiger partial charge < -0.3 is 9.67 Å². The van der Waals surface area contributed by atoms with Crippen LogP contribution in [0.15, 0.2) is 29.0 Å². The average Bonchev–Trinajstić information content (AvgIpc) is 3.01. The third kappa shape index (κ3) is 2.40. The highest BCUT2D eigenvalue weighted by Gasteiger charge is 2.24. The SMILES string of the molecule is Cc1ncn2c1Cn1nc(C[C@H](C)O)nc1-c1cc(Br)ccc1-2. The number of hydrogen-bond acceptors (Lipinski definition) is 4. The number of rotatable bonds is 2. The fourth-order valence-corrected chi connectivity index (χ4v) is 3.31. The van der Waals surface area contributed by atoms with Crippen LogP contribution in [0.4, 0.5) is 0 Å². The van der Waals surface area contributed by atoms with E-state index in [1.165, 1.54) is 0 Å². The van der Waals surface area contributed by atoms with Gasteiger partial charge in [0, 0.05) is 16.5 Å². The molecule has 0 radical (unpaired) electrons. The maximum absolute atomic E-state index is 9.62. The molecule has 3 heterocycles. The van der Waals surface area contributed by atoms with Crippen molar-refractivity contribution in [2.75, 3.05) is 0 Å². The maximum atomic E-state index is 9.62. The average molecular weight is 374 g/mol. The van der Waals surface area contributed by atoms with Gasteiger partial charge in [-0.25, -0.2) is 14.6 Å². The van der Waals surface area contributed by atoms with Gasteiger partial charge in [0.1, 0.15) is 0 Å². The fraction of sp³-hybridized carbons (Fsp3) is 0.312. The molecular formula is C16H16BrN5O. The van der Waals surface area contributed by atoms with Crippen LogP contribution in [0.25, 0.3) is 17.1 Å². The summed E-state index contributed by atoms with van der Waals surface area (Å²) < 4.78 is 4.99. The van der Waals surface area contributed by atoms with E-state index in [4.69, 9.17) is 0 Å². The first-order chi connectivity index (χ1) is 11.0. The number of imidazole rings is 1. The Kier molecular flexibility index (Phi) is 3.35. The molecule has 118 valence electrons. The zero-order chi connectivity index (χ0) is 16.1. The van der Waals surface area contributed by atoms with Crippen LogP contribution in [-0.4, -0.2) is 35.5 Å². The van der Waals surface area contributed by atoms with E-state index in [2.05, 4.69) is 41.6 Å². The predicted molar refractivity (Wildman–Crippen MR) is 89.5 cm³/mol. The molecule has 0 aliphatic carbocycles. The molecule has 0 saturated heterocycles. The summed E-state index contributed by atoms with van der Waals surface area (Å²) in [6.07, 6.45) is 1.83. The monoisotopic (exact) mass is 373 g/mol. The number of hydrogen-bond donors (Lipinski definition) is 1. The lowest BCUT2D eigenvalue weighted by Crippen LogP contribution is -2.08. The molecule has 0 unspecified atom stereocenters. The Balaban J connectivity index is 1.97. The van der Waals surface area contributed by atoms with E-state index in [-0.39, 0.29) is 0 Å². The van der Waals surface area contributed by atoms with Crippen molar-refractivity contribution in [3.05, 3.63) is 46.2 Å². The Morgan fingerprint density at radius 3 is 3.00 bits per heavy atom. The minimum absolute atomic E-state index is 0.446. The molecule has 6 nitrogen and oxygen atoms in total. The molecule has 1 atom stereocenters. The molecule has 0 saturated carbocycles. The minimum atomic E-state index is -0.462. The van der Waals surface area contributed by atoms with Gasteiger partial charge in [-0.3, -0.25) is 0 Å². The highest BCUT2D eigenvalue weighted by atomic mass is 79.9. The summed E-state index contributed by atoms with van der Waals surface area (Å²) in [6, 6.07) is 6.12. The fourth-order valence-electron chi connectivity index (χ4n) is 2.95. The van der Waals surface area contributed by atoms with Crippen molar-refractivity contribution >= 4 is 15.9 Å². The quantitative estimate of drug-likeness (QED) is 0.585. The standard InChI is InChI=1S/C16H16BrN5O/c1-9(23)5-15-19-16-12-6-11(17)3-4-13(12)21-8-18-10(2)14(21)7-22(16)20-15/h3-4,6,8-9,23H,5,7H2,1-2H3/t9-/m0/s1. The molecule has 0 bridgehead atoms. The second-order valence-corrected chi connectivity index (χ2v) is 6.79. The van der Waals surface area contributed by atoms with Crippen LogP contribution in [0.5, 0.6) is 0 Å². The van der Waals surface area contributed by atoms with Crippen LogP contribution in [0.3, 0.4) is 0 Å². The van der Waals surface area contributed by atoms with E-state index in [1.807, 2.05) is 30.1 Å². The second-order valence-electron chi connectivity index (χ2n) is 5.87. The van der Waals surface area contributed by atoms with Crippen molar-refractivity contribution in [3.63, 3.8) is 0 Å². The van der Waals surface area contributed by atoms with Gasteiger partial charge in [0.2, 0.25) is 0 Å². The van der Waals surface area contributed by atoms with Gasteiger partial charge in [-0.1, -0.05) is 15.9 Å². The molecular weight excluding hydrogens is 358 g/mol. The van der Waals surface area contributed by atoms with Crippen molar-refractivity contribution in [1.82, 2.24) is 24.3 Å². The van der Waals surface area contributed by atoms with E-state index in [0.29, 0.717) is 18.8 Å². The van der Waals surface area contributed by atoms with E-state index in [9.17, 15) is 5.11 Å². The summed E-state index contributed by atoms with van der Waals surface area (Å²) in [4.78, 5) is 9.10. The summed E-state index contributed by atoms with van der Waals surface area (Å²) in [5.74, 6) is 1.48. The largest absolute Gasteiger partial charge is 0.393 e. The van der Waals surface area contributed by atoms with E-state index < -0.39 is 6.10 Å². The van der Waals surface area contributed by atoms with Gasteiger partial charge in [0.25, 0.3) is 0 Å². The minimum Gasteiger partial charge on any atom is -0.393 e. The first-order valence-electron chi connectivity index (χ1n) is 7.48. The van der Waals surface area contributed by atoms with Gasteiger partial charge in [-0.15, -0.1) is 0 Å². The molecule has 1 aliphatic rings. The lowest BCUT2D eigenvalue weighted by Gasteiger charge is -2.08. The molecule has 2 aromatic heterocycles. The summed E-state index contributed by atoms with van der Waals surface area (Å²) in [7, 11) is 0. The number of fused-ring (bicyclic) bond motifs is 5. The molecule has 3 aromatic rings. The first-order valence-corrected chi connectivity index (χ1v) is 8.27. The molecule has 1 aliphatic heterocycles. The van der Waals surface area contributed by atoms with E-state index in [1.54, 1.807) is 6.92 Å². The molecule has 1 N–H and O–H groups in total. The number of benzene rings is 1. The summed E-state index contributed by atoms with van der Waals surface area (Å²) in [5, 5.41) is 14.2. The molecule has 0 amide bonds.